The smallest absolute Gasteiger partial charge is 0.308 e. The molecular weight excluding hydrogens is 212 g/mol. The average molecular weight is 223 g/mol. The number of alkyl halides is 1. The maximum absolute atomic E-state index is 10.8. The number of ether oxygens (including phenoxy) is 1. The highest BCUT2D eigenvalue weighted by molar-refractivity contribution is 9.09. The van der Waals surface area contributed by atoms with Crippen LogP contribution in [0.4, 0.5) is 0 Å². The normalized spacial score (nSPS) is 36.1. The van der Waals surface area contributed by atoms with E-state index in [0.717, 1.165) is 0 Å². The highest BCUT2D eigenvalue weighted by atomic mass is 79.9. The Balaban J connectivity index is 2.34. The number of hydrogen-bond acceptors (Lipinski definition) is 3. The number of carbonyl (C=O) groups excluding carboxylic acids is 1. The molecule has 1 aliphatic carbocycles. The molecule has 1 N–H and O–H groups in total. The van der Waals surface area contributed by atoms with Gasteiger partial charge in [-0.15, -0.1) is 0 Å². The SMILES string of the molecule is COC(=O)C1CC(O)(CBr)C1. The van der Waals surface area contributed by atoms with Gasteiger partial charge in [0.05, 0.1) is 18.6 Å². The molecule has 1 rings (SSSR count). The second kappa shape index (κ2) is 3.11. The van der Waals surface area contributed by atoms with Gasteiger partial charge in [0.2, 0.25) is 0 Å². The third-order valence-corrected chi connectivity index (χ3v) is 3.08. The van der Waals surface area contributed by atoms with E-state index >= 15 is 0 Å². The van der Waals surface area contributed by atoms with Crippen LogP contribution in [0.25, 0.3) is 0 Å². The number of rotatable bonds is 2. The van der Waals surface area contributed by atoms with Gasteiger partial charge < -0.3 is 9.84 Å². The van der Waals surface area contributed by atoms with Gasteiger partial charge in [-0.1, -0.05) is 15.9 Å². The van der Waals surface area contributed by atoms with Crippen LogP contribution in [0.3, 0.4) is 0 Å². The van der Waals surface area contributed by atoms with Crippen molar-refractivity contribution in [2.75, 3.05) is 12.4 Å². The molecule has 4 heteroatoms. The molecule has 1 aliphatic rings. The molecule has 0 amide bonds. The molecule has 1 saturated carbocycles. The lowest BCUT2D eigenvalue weighted by atomic mass is 9.72. The third kappa shape index (κ3) is 1.73. The Hall–Kier alpha value is -0.0900. The Bertz CT molecular complexity index is 163. The summed E-state index contributed by atoms with van der Waals surface area (Å²) in [4.78, 5) is 10.8. The molecule has 0 unspecified atom stereocenters. The highest BCUT2D eigenvalue weighted by Gasteiger charge is 2.45. The van der Waals surface area contributed by atoms with Crippen molar-refractivity contribution in [3.63, 3.8) is 0 Å². The van der Waals surface area contributed by atoms with Gasteiger partial charge in [0.25, 0.3) is 0 Å². The lowest BCUT2D eigenvalue weighted by molar-refractivity contribution is -0.159. The molecule has 0 aromatic heterocycles. The van der Waals surface area contributed by atoms with Crippen molar-refractivity contribution in [3.8, 4) is 0 Å². The summed E-state index contributed by atoms with van der Waals surface area (Å²) in [6, 6.07) is 0. The van der Waals surface area contributed by atoms with Gasteiger partial charge in [-0.05, 0) is 12.8 Å². The molecule has 1 fully saturated rings. The van der Waals surface area contributed by atoms with E-state index in [1.54, 1.807) is 0 Å². The van der Waals surface area contributed by atoms with Crippen LogP contribution in [0.2, 0.25) is 0 Å². The highest BCUT2D eigenvalue weighted by Crippen LogP contribution is 2.39. The van der Waals surface area contributed by atoms with E-state index in [9.17, 15) is 9.90 Å². The topological polar surface area (TPSA) is 46.5 Å². The number of esters is 1. The van der Waals surface area contributed by atoms with E-state index in [1.807, 2.05) is 0 Å². The van der Waals surface area contributed by atoms with Crippen LogP contribution in [-0.2, 0) is 9.53 Å². The molecule has 0 aromatic rings. The van der Waals surface area contributed by atoms with Crippen LogP contribution in [0.15, 0.2) is 0 Å². The maximum Gasteiger partial charge on any atom is 0.308 e. The summed E-state index contributed by atoms with van der Waals surface area (Å²) in [5, 5.41) is 10.0. The first-order valence-corrected chi connectivity index (χ1v) is 4.59. The van der Waals surface area contributed by atoms with Crippen molar-refractivity contribution in [2.45, 2.75) is 18.4 Å². The predicted molar refractivity (Wildman–Crippen MR) is 43.5 cm³/mol. The van der Waals surface area contributed by atoms with Crippen molar-refractivity contribution in [3.05, 3.63) is 0 Å². The quantitative estimate of drug-likeness (QED) is 0.553. The van der Waals surface area contributed by atoms with E-state index in [2.05, 4.69) is 20.7 Å². The van der Waals surface area contributed by atoms with Crippen molar-refractivity contribution in [2.24, 2.45) is 5.92 Å². The van der Waals surface area contributed by atoms with Gasteiger partial charge in [0.15, 0.2) is 0 Å². The zero-order chi connectivity index (χ0) is 8.48. The van der Waals surface area contributed by atoms with Crippen LogP contribution in [0.1, 0.15) is 12.8 Å². The van der Waals surface area contributed by atoms with Crippen molar-refractivity contribution in [1.82, 2.24) is 0 Å². The average Bonchev–Trinajstić information content (AvgIpc) is 1.97. The lowest BCUT2D eigenvalue weighted by Crippen LogP contribution is -2.48. The number of halogens is 1. The van der Waals surface area contributed by atoms with E-state index in [4.69, 9.17) is 0 Å². The predicted octanol–water partition coefficient (Wildman–Crippen LogP) is 0.695. The molecule has 0 bridgehead atoms. The van der Waals surface area contributed by atoms with Crippen molar-refractivity contribution in [1.29, 1.82) is 0 Å². The summed E-state index contributed by atoms with van der Waals surface area (Å²) >= 11 is 3.18. The second-order valence-corrected chi connectivity index (χ2v) is 3.55. The summed E-state index contributed by atoms with van der Waals surface area (Å²) in [5.74, 6) is -0.307. The Morgan fingerprint density at radius 1 is 1.82 bits per heavy atom. The fraction of sp³-hybridized carbons (Fsp3) is 0.857. The summed E-state index contributed by atoms with van der Waals surface area (Å²) in [7, 11) is 1.37. The van der Waals surface area contributed by atoms with Crippen molar-refractivity contribution < 1.29 is 14.6 Å². The van der Waals surface area contributed by atoms with Gasteiger partial charge >= 0.3 is 5.97 Å². The standard InChI is InChI=1S/C7H11BrO3/c1-11-6(9)5-2-7(10,3-5)4-8/h5,10H,2-4H2,1H3. The molecule has 0 radical (unpaired) electrons. The molecule has 0 saturated heterocycles. The zero-order valence-corrected chi connectivity index (χ0v) is 7.93. The molecule has 64 valence electrons. The van der Waals surface area contributed by atoms with E-state index in [0.29, 0.717) is 18.2 Å². The minimum absolute atomic E-state index is 0.0949. The summed E-state index contributed by atoms with van der Waals surface area (Å²) in [5.41, 5.74) is -0.668. The molecule has 3 nitrogen and oxygen atoms in total. The lowest BCUT2D eigenvalue weighted by Gasteiger charge is -2.40. The molecule has 0 aromatic carbocycles. The Morgan fingerprint density at radius 3 is 2.73 bits per heavy atom. The van der Waals surface area contributed by atoms with Gasteiger partial charge in [-0.2, -0.15) is 0 Å². The minimum Gasteiger partial charge on any atom is -0.469 e. The molecular formula is C7H11BrO3. The van der Waals surface area contributed by atoms with Gasteiger partial charge in [-0.3, -0.25) is 4.79 Å². The monoisotopic (exact) mass is 222 g/mol. The van der Waals surface area contributed by atoms with Gasteiger partial charge in [0, 0.05) is 5.33 Å². The molecule has 0 aliphatic heterocycles. The van der Waals surface area contributed by atoms with Crippen LogP contribution < -0.4 is 0 Å². The zero-order valence-electron chi connectivity index (χ0n) is 6.34. The first-order valence-electron chi connectivity index (χ1n) is 3.47. The van der Waals surface area contributed by atoms with Crippen LogP contribution >= 0.6 is 15.9 Å². The molecule has 11 heavy (non-hydrogen) atoms. The molecule has 0 spiro atoms. The Morgan fingerprint density at radius 2 is 2.36 bits per heavy atom. The fourth-order valence-corrected chi connectivity index (χ4v) is 1.76. The van der Waals surface area contributed by atoms with Crippen LogP contribution in [-0.4, -0.2) is 29.1 Å². The van der Waals surface area contributed by atoms with Crippen LogP contribution in [0.5, 0.6) is 0 Å². The number of carbonyl (C=O) groups is 1. The first kappa shape index (κ1) is 9.00. The Kier molecular flexibility index (Phi) is 2.54. The van der Waals surface area contributed by atoms with Gasteiger partial charge in [-0.25, -0.2) is 0 Å². The van der Waals surface area contributed by atoms with Gasteiger partial charge in [0.1, 0.15) is 0 Å². The second-order valence-electron chi connectivity index (χ2n) is 2.99. The molecule has 0 atom stereocenters. The number of hydrogen-bond donors (Lipinski definition) is 1. The van der Waals surface area contributed by atoms with Crippen LogP contribution in [0, 0.1) is 5.92 Å². The Labute approximate surface area is 73.9 Å². The maximum atomic E-state index is 10.8. The minimum atomic E-state index is -0.668. The van der Waals surface area contributed by atoms with Crippen molar-refractivity contribution >= 4 is 21.9 Å². The largest absolute Gasteiger partial charge is 0.469 e. The third-order valence-electron chi connectivity index (χ3n) is 2.04. The number of aliphatic hydroxyl groups is 1. The van der Waals surface area contributed by atoms with E-state index < -0.39 is 5.60 Å². The molecule has 0 heterocycles. The number of methoxy groups -OCH3 is 1. The summed E-state index contributed by atoms with van der Waals surface area (Å²) in [6.07, 6.45) is 1.04. The summed E-state index contributed by atoms with van der Waals surface area (Å²) < 4.78 is 4.53. The van der Waals surface area contributed by atoms with E-state index in [1.165, 1.54) is 7.11 Å². The van der Waals surface area contributed by atoms with E-state index in [-0.39, 0.29) is 11.9 Å². The first-order chi connectivity index (χ1) is 5.11. The fourth-order valence-electron chi connectivity index (χ4n) is 1.30. The summed E-state index contributed by atoms with van der Waals surface area (Å²) in [6.45, 7) is 0.